The minimum atomic E-state index is -1.04. The molecule has 5 nitrogen and oxygen atoms in total. The van der Waals surface area contributed by atoms with Crippen LogP contribution in [0.4, 0.5) is 0 Å². The third-order valence-electron chi connectivity index (χ3n) is 3.12. The second-order valence-electron chi connectivity index (χ2n) is 4.45. The predicted molar refractivity (Wildman–Crippen MR) is 71.6 cm³/mol. The number of ether oxygens (including phenoxy) is 1. The van der Waals surface area contributed by atoms with Crippen molar-refractivity contribution >= 4 is 5.97 Å². The summed E-state index contributed by atoms with van der Waals surface area (Å²) in [6.45, 7) is 3.92. The fourth-order valence-corrected chi connectivity index (χ4v) is 2.17. The molecule has 0 amide bonds. The van der Waals surface area contributed by atoms with E-state index in [4.69, 9.17) is 9.84 Å². The van der Waals surface area contributed by atoms with Gasteiger partial charge < -0.3 is 9.84 Å². The lowest BCUT2D eigenvalue weighted by Gasteiger charge is -2.14. The van der Waals surface area contributed by atoms with Crippen LogP contribution in [0.15, 0.2) is 18.2 Å². The van der Waals surface area contributed by atoms with Gasteiger partial charge in [-0.2, -0.15) is 5.10 Å². The molecule has 0 saturated heterocycles. The number of carboxylic acid groups (broad SMARTS) is 1. The number of aromatic nitrogens is 2. The number of aryl methyl sites for hydroxylation is 3. The van der Waals surface area contributed by atoms with Crippen molar-refractivity contribution in [2.45, 2.75) is 13.8 Å². The summed E-state index contributed by atoms with van der Waals surface area (Å²) < 4.78 is 7.01. The van der Waals surface area contributed by atoms with E-state index in [0.717, 1.165) is 28.1 Å². The van der Waals surface area contributed by atoms with Crippen molar-refractivity contribution in [2.24, 2.45) is 7.05 Å². The van der Waals surface area contributed by atoms with E-state index < -0.39 is 5.97 Å². The van der Waals surface area contributed by atoms with E-state index in [9.17, 15) is 4.79 Å². The average Bonchev–Trinajstić information content (AvgIpc) is 2.74. The molecule has 1 N–H and O–H groups in total. The molecule has 1 aromatic heterocycles. The van der Waals surface area contributed by atoms with Crippen molar-refractivity contribution in [3.05, 3.63) is 35.0 Å². The highest BCUT2D eigenvalue weighted by atomic mass is 16.5. The van der Waals surface area contributed by atoms with Gasteiger partial charge in [0.05, 0.1) is 12.8 Å². The zero-order valence-electron chi connectivity index (χ0n) is 11.4. The first kappa shape index (κ1) is 13.1. The van der Waals surface area contributed by atoms with Crippen molar-refractivity contribution < 1.29 is 14.6 Å². The Hall–Kier alpha value is -2.30. The average molecular weight is 260 g/mol. The highest BCUT2D eigenvalue weighted by Gasteiger charge is 2.18. The number of methoxy groups -OCH3 is 1. The number of hydrogen-bond donors (Lipinski definition) is 1. The summed E-state index contributed by atoms with van der Waals surface area (Å²) in [6.07, 6.45) is 0. The van der Waals surface area contributed by atoms with Gasteiger partial charge in [0, 0.05) is 12.6 Å². The van der Waals surface area contributed by atoms with E-state index in [-0.39, 0.29) is 5.69 Å². The van der Waals surface area contributed by atoms with Gasteiger partial charge in [0.15, 0.2) is 5.69 Å². The molecular formula is C14H16N2O3. The zero-order chi connectivity index (χ0) is 14.2. The molecule has 100 valence electrons. The number of hydrogen-bond acceptors (Lipinski definition) is 3. The van der Waals surface area contributed by atoms with Crippen molar-refractivity contribution in [1.29, 1.82) is 0 Å². The molecule has 1 aromatic carbocycles. The highest BCUT2D eigenvalue weighted by Crippen LogP contribution is 2.35. The first-order chi connectivity index (χ1) is 8.95. The standard InChI is InChI=1S/C14H16N2O3/c1-8-5-6-9(2)13(19-4)12(8)11-7-10(14(17)18)15-16(11)3/h5-7H,1-4H3,(H,17,18). The summed E-state index contributed by atoms with van der Waals surface area (Å²) in [7, 11) is 3.34. The van der Waals surface area contributed by atoms with E-state index in [1.807, 2.05) is 26.0 Å². The Kier molecular flexibility index (Phi) is 3.29. The Morgan fingerprint density at radius 1 is 1.32 bits per heavy atom. The molecule has 2 rings (SSSR count). The Morgan fingerprint density at radius 3 is 2.47 bits per heavy atom. The van der Waals surface area contributed by atoms with E-state index in [0.29, 0.717) is 0 Å². The number of carbonyl (C=O) groups is 1. The second kappa shape index (κ2) is 4.76. The van der Waals surface area contributed by atoms with E-state index in [2.05, 4.69) is 5.10 Å². The molecular weight excluding hydrogens is 244 g/mol. The number of nitrogens with zero attached hydrogens (tertiary/aromatic N) is 2. The van der Waals surface area contributed by atoms with Gasteiger partial charge in [0.2, 0.25) is 0 Å². The van der Waals surface area contributed by atoms with Gasteiger partial charge in [-0.3, -0.25) is 4.68 Å². The Morgan fingerprint density at radius 2 is 1.95 bits per heavy atom. The number of rotatable bonds is 3. The summed E-state index contributed by atoms with van der Waals surface area (Å²) >= 11 is 0. The summed E-state index contributed by atoms with van der Waals surface area (Å²) in [4.78, 5) is 11.0. The van der Waals surface area contributed by atoms with E-state index >= 15 is 0 Å². The van der Waals surface area contributed by atoms with Crippen LogP contribution in [0.3, 0.4) is 0 Å². The maximum Gasteiger partial charge on any atom is 0.356 e. The van der Waals surface area contributed by atoms with Crippen LogP contribution in [-0.2, 0) is 7.05 Å². The monoisotopic (exact) mass is 260 g/mol. The Bertz CT molecular complexity index is 644. The molecule has 0 atom stereocenters. The highest BCUT2D eigenvalue weighted by molar-refractivity contribution is 5.87. The fraction of sp³-hybridized carbons (Fsp3) is 0.286. The quantitative estimate of drug-likeness (QED) is 0.920. The van der Waals surface area contributed by atoms with Crippen molar-refractivity contribution in [3.8, 4) is 17.0 Å². The van der Waals surface area contributed by atoms with Crippen LogP contribution < -0.4 is 4.74 Å². The fourth-order valence-electron chi connectivity index (χ4n) is 2.17. The lowest BCUT2D eigenvalue weighted by Crippen LogP contribution is -2.00. The van der Waals surface area contributed by atoms with Crippen LogP contribution >= 0.6 is 0 Å². The van der Waals surface area contributed by atoms with Crippen LogP contribution in [0.1, 0.15) is 21.6 Å². The summed E-state index contributed by atoms with van der Waals surface area (Å²) in [5.74, 6) is -0.286. The third-order valence-corrected chi connectivity index (χ3v) is 3.12. The molecule has 19 heavy (non-hydrogen) atoms. The minimum absolute atomic E-state index is 0.0282. The summed E-state index contributed by atoms with van der Waals surface area (Å²) in [5, 5.41) is 13.0. The molecule has 0 aliphatic carbocycles. The lowest BCUT2D eigenvalue weighted by atomic mass is 10.0. The molecule has 5 heteroatoms. The van der Waals surface area contributed by atoms with Crippen LogP contribution in [0.25, 0.3) is 11.3 Å². The molecule has 2 aromatic rings. The largest absolute Gasteiger partial charge is 0.496 e. The first-order valence-corrected chi connectivity index (χ1v) is 5.87. The molecule has 0 aliphatic heterocycles. The Labute approximate surface area is 111 Å². The van der Waals surface area contributed by atoms with E-state index in [1.54, 1.807) is 24.9 Å². The van der Waals surface area contributed by atoms with Crippen LogP contribution in [0.5, 0.6) is 5.75 Å². The van der Waals surface area contributed by atoms with Gasteiger partial charge in [0.25, 0.3) is 0 Å². The molecule has 0 unspecified atom stereocenters. The number of benzene rings is 1. The normalized spacial score (nSPS) is 10.5. The summed E-state index contributed by atoms with van der Waals surface area (Å²) in [6, 6.07) is 5.53. The first-order valence-electron chi connectivity index (χ1n) is 5.87. The lowest BCUT2D eigenvalue weighted by molar-refractivity contribution is 0.0689. The molecule has 0 saturated carbocycles. The maximum absolute atomic E-state index is 11.0. The van der Waals surface area contributed by atoms with Crippen LogP contribution in [0.2, 0.25) is 0 Å². The smallest absolute Gasteiger partial charge is 0.356 e. The van der Waals surface area contributed by atoms with Gasteiger partial charge in [-0.15, -0.1) is 0 Å². The zero-order valence-corrected chi connectivity index (χ0v) is 11.4. The molecule has 0 radical (unpaired) electrons. The van der Waals surface area contributed by atoms with Crippen molar-refractivity contribution in [1.82, 2.24) is 9.78 Å². The SMILES string of the molecule is COc1c(C)ccc(C)c1-c1cc(C(=O)O)nn1C. The molecule has 0 bridgehead atoms. The van der Waals surface area contributed by atoms with Crippen molar-refractivity contribution in [3.63, 3.8) is 0 Å². The van der Waals surface area contributed by atoms with Gasteiger partial charge >= 0.3 is 5.97 Å². The molecule has 0 fully saturated rings. The van der Waals surface area contributed by atoms with Crippen molar-refractivity contribution in [2.75, 3.05) is 7.11 Å². The number of carboxylic acids is 1. The topological polar surface area (TPSA) is 64.3 Å². The van der Waals surface area contributed by atoms with Gasteiger partial charge in [-0.05, 0) is 31.0 Å². The van der Waals surface area contributed by atoms with Crippen LogP contribution in [-0.4, -0.2) is 28.0 Å². The van der Waals surface area contributed by atoms with Gasteiger partial charge in [-0.1, -0.05) is 12.1 Å². The third kappa shape index (κ3) is 2.19. The maximum atomic E-state index is 11.0. The predicted octanol–water partition coefficient (Wildman–Crippen LogP) is 2.41. The molecule has 0 aliphatic rings. The summed E-state index contributed by atoms with van der Waals surface area (Å²) in [5.41, 5.74) is 3.66. The molecule has 1 heterocycles. The number of aromatic carboxylic acids is 1. The molecule has 0 spiro atoms. The van der Waals surface area contributed by atoms with Gasteiger partial charge in [0.1, 0.15) is 5.75 Å². The Balaban J connectivity index is 2.71. The van der Waals surface area contributed by atoms with Crippen LogP contribution in [0, 0.1) is 13.8 Å². The minimum Gasteiger partial charge on any atom is -0.496 e. The second-order valence-corrected chi connectivity index (χ2v) is 4.45. The van der Waals surface area contributed by atoms with Gasteiger partial charge in [-0.25, -0.2) is 4.79 Å². The van der Waals surface area contributed by atoms with E-state index in [1.165, 1.54) is 0 Å².